The Bertz CT molecular complexity index is 965. The summed E-state index contributed by atoms with van der Waals surface area (Å²) < 4.78 is 10.3. The summed E-state index contributed by atoms with van der Waals surface area (Å²) in [5.74, 6) is -0.816. The molecule has 1 unspecified atom stereocenters. The predicted octanol–water partition coefficient (Wildman–Crippen LogP) is 4.39. The van der Waals surface area contributed by atoms with Gasteiger partial charge in [0.1, 0.15) is 6.10 Å². The van der Waals surface area contributed by atoms with Crippen molar-refractivity contribution < 1.29 is 24.2 Å². The standard InChI is InChI=1S/C23H25Cl2NO5/c1-4-30-23(29)21-20(31-21)22(28)26(12-13(2)3)18-10-9-14(24)11-16(18)19(27)15-7-5-6-8-17(15)25/h5-11,13,19-21,27H,4,12H2,1-3H3/t19?,20-,21-/m0/s1. The van der Waals surface area contributed by atoms with Crippen LogP contribution in [0.2, 0.25) is 10.0 Å². The van der Waals surface area contributed by atoms with Crippen LogP contribution in [0.5, 0.6) is 0 Å². The van der Waals surface area contributed by atoms with Crippen molar-refractivity contribution in [2.75, 3.05) is 18.1 Å². The number of aliphatic hydroxyl groups excluding tert-OH is 1. The highest BCUT2D eigenvalue weighted by molar-refractivity contribution is 6.31. The van der Waals surface area contributed by atoms with E-state index in [4.69, 9.17) is 32.7 Å². The van der Waals surface area contributed by atoms with E-state index < -0.39 is 24.3 Å². The van der Waals surface area contributed by atoms with Gasteiger partial charge in [-0.1, -0.05) is 55.2 Å². The van der Waals surface area contributed by atoms with Crippen molar-refractivity contribution in [3.8, 4) is 0 Å². The molecule has 3 atom stereocenters. The van der Waals surface area contributed by atoms with Crippen LogP contribution in [0, 0.1) is 5.92 Å². The van der Waals surface area contributed by atoms with E-state index in [1.54, 1.807) is 49.4 Å². The molecule has 0 bridgehead atoms. The van der Waals surface area contributed by atoms with Gasteiger partial charge < -0.3 is 19.5 Å². The number of esters is 1. The minimum atomic E-state index is -1.11. The second-order valence-electron chi connectivity index (χ2n) is 7.70. The Morgan fingerprint density at radius 1 is 1.13 bits per heavy atom. The van der Waals surface area contributed by atoms with Gasteiger partial charge in [-0.15, -0.1) is 0 Å². The van der Waals surface area contributed by atoms with Crippen LogP contribution in [0.4, 0.5) is 5.69 Å². The largest absolute Gasteiger partial charge is 0.464 e. The molecule has 1 N–H and O–H groups in total. The van der Waals surface area contributed by atoms with Gasteiger partial charge in [-0.25, -0.2) is 4.79 Å². The first kappa shape index (κ1) is 23.5. The first-order valence-electron chi connectivity index (χ1n) is 10.1. The maximum Gasteiger partial charge on any atom is 0.338 e. The molecule has 0 saturated carbocycles. The van der Waals surface area contributed by atoms with E-state index in [0.29, 0.717) is 33.4 Å². The van der Waals surface area contributed by atoms with E-state index in [0.717, 1.165) is 0 Å². The zero-order valence-corrected chi connectivity index (χ0v) is 19.1. The first-order chi connectivity index (χ1) is 14.7. The number of epoxide rings is 1. The molecule has 8 heteroatoms. The average Bonchev–Trinajstić information content (AvgIpc) is 3.53. The number of halogens is 2. The minimum absolute atomic E-state index is 0.115. The molecule has 1 aliphatic rings. The van der Waals surface area contributed by atoms with Crippen LogP contribution in [0.15, 0.2) is 42.5 Å². The van der Waals surface area contributed by atoms with Crippen molar-refractivity contribution in [3.05, 3.63) is 63.6 Å². The number of ether oxygens (including phenoxy) is 2. The molecule has 2 aromatic rings. The molecule has 3 rings (SSSR count). The topological polar surface area (TPSA) is 79.4 Å². The lowest BCUT2D eigenvalue weighted by molar-refractivity contribution is -0.144. The number of carbonyl (C=O) groups excluding carboxylic acids is 2. The van der Waals surface area contributed by atoms with Gasteiger partial charge in [0.05, 0.1) is 6.61 Å². The van der Waals surface area contributed by atoms with Gasteiger partial charge in [-0.3, -0.25) is 4.79 Å². The third kappa shape index (κ3) is 5.39. The lowest BCUT2D eigenvalue weighted by Gasteiger charge is -2.28. The summed E-state index contributed by atoms with van der Waals surface area (Å²) in [4.78, 5) is 26.8. The van der Waals surface area contributed by atoms with Gasteiger partial charge in [-0.05, 0) is 37.1 Å². The molecule has 1 heterocycles. The second-order valence-corrected chi connectivity index (χ2v) is 8.54. The maximum absolute atomic E-state index is 13.3. The van der Waals surface area contributed by atoms with E-state index in [1.165, 1.54) is 4.90 Å². The van der Waals surface area contributed by atoms with Crippen LogP contribution >= 0.6 is 23.2 Å². The highest BCUT2D eigenvalue weighted by Crippen LogP contribution is 2.37. The molecular weight excluding hydrogens is 441 g/mol. The molecule has 1 amide bonds. The Labute approximate surface area is 191 Å². The van der Waals surface area contributed by atoms with Crippen LogP contribution < -0.4 is 4.90 Å². The highest BCUT2D eigenvalue weighted by atomic mass is 35.5. The number of rotatable bonds is 8. The van der Waals surface area contributed by atoms with E-state index in [9.17, 15) is 14.7 Å². The molecule has 1 aliphatic heterocycles. The molecule has 0 aromatic heterocycles. The first-order valence-corrected chi connectivity index (χ1v) is 10.9. The molecule has 0 spiro atoms. The van der Waals surface area contributed by atoms with Crippen LogP contribution in [-0.4, -0.2) is 42.3 Å². The van der Waals surface area contributed by atoms with Gasteiger partial charge in [-0.2, -0.15) is 0 Å². The van der Waals surface area contributed by atoms with Crippen molar-refractivity contribution >= 4 is 40.8 Å². The van der Waals surface area contributed by atoms with E-state index >= 15 is 0 Å². The van der Waals surface area contributed by atoms with Gasteiger partial charge in [0.2, 0.25) is 0 Å². The average molecular weight is 466 g/mol. The fourth-order valence-corrected chi connectivity index (χ4v) is 3.80. The van der Waals surface area contributed by atoms with E-state index in [2.05, 4.69) is 0 Å². The Morgan fingerprint density at radius 2 is 1.84 bits per heavy atom. The molecule has 166 valence electrons. The third-order valence-corrected chi connectivity index (χ3v) is 5.42. The summed E-state index contributed by atoms with van der Waals surface area (Å²) >= 11 is 12.5. The molecule has 6 nitrogen and oxygen atoms in total. The minimum Gasteiger partial charge on any atom is -0.464 e. The van der Waals surface area contributed by atoms with Crippen LogP contribution in [0.3, 0.4) is 0 Å². The number of hydrogen-bond donors (Lipinski definition) is 1. The third-order valence-electron chi connectivity index (χ3n) is 4.84. The Kier molecular flexibility index (Phi) is 7.59. The lowest BCUT2D eigenvalue weighted by Crippen LogP contribution is -2.39. The van der Waals surface area contributed by atoms with Gasteiger partial charge in [0.15, 0.2) is 12.2 Å². The quantitative estimate of drug-likeness (QED) is 0.461. The fraction of sp³-hybridized carbons (Fsp3) is 0.391. The monoisotopic (exact) mass is 465 g/mol. The van der Waals surface area contributed by atoms with Gasteiger partial charge >= 0.3 is 5.97 Å². The normalized spacial score (nSPS) is 18.5. The maximum atomic E-state index is 13.3. The zero-order chi connectivity index (χ0) is 22.7. The molecule has 0 aliphatic carbocycles. The summed E-state index contributed by atoms with van der Waals surface area (Å²) in [7, 11) is 0. The van der Waals surface area contributed by atoms with Gasteiger partial charge in [0.25, 0.3) is 5.91 Å². The van der Waals surface area contributed by atoms with Crippen molar-refractivity contribution in [1.82, 2.24) is 0 Å². The number of anilines is 1. The Hall–Kier alpha value is -2.12. The zero-order valence-electron chi connectivity index (χ0n) is 17.5. The molecule has 31 heavy (non-hydrogen) atoms. The number of aliphatic hydroxyl groups is 1. The Balaban J connectivity index is 1.98. The highest BCUT2D eigenvalue weighted by Gasteiger charge is 2.53. The van der Waals surface area contributed by atoms with Crippen LogP contribution in [0.25, 0.3) is 0 Å². The molecule has 0 radical (unpaired) electrons. The number of amides is 1. The molecule has 1 saturated heterocycles. The SMILES string of the molecule is CCOC(=O)[C@H]1O[C@@H]1C(=O)N(CC(C)C)c1ccc(Cl)cc1C(O)c1ccccc1Cl. The van der Waals surface area contributed by atoms with E-state index in [1.807, 2.05) is 13.8 Å². The number of hydrogen-bond acceptors (Lipinski definition) is 5. The van der Waals surface area contributed by atoms with Gasteiger partial charge in [0, 0.05) is 33.4 Å². The molecule has 2 aromatic carbocycles. The van der Waals surface area contributed by atoms with Crippen LogP contribution in [0.1, 0.15) is 38.0 Å². The lowest BCUT2D eigenvalue weighted by atomic mass is 9.98. The predicted molar refractivity (Wildman–Crippen MR) is 119 cm³/mol. The number of carbonyl (C=O) groups is 2. The Morgan fingerprint density at radius 3 is 2.48 bits per heavy atom. The summed E-state index contributed by atoms with van der Waals surface area (Å²) in [5, 5.41) is 11.9. The van der Waals surface area contributed by atoms with Crippen LogP contribution in [-0.2, 0) is 19.1 Å². The number of benzene rings is 2. The van der Waals surface area contributed by atoms with Crippen molar-refractivity contribution in [3.63, 3.8) is 0 Å². The van der Waals surface area contributed by atoms with Crippen molar-refractivity contribution in [2.45, 2.75) is 39.1 Å². The van der Waals surface area contributed by atoms with Crippen molar-refractivity contribution in [1.29, 1.82) is 0 Å². The second kappa shape index (κ2) is 10.0. The van der Waals surface area contributed by atoms with E-state index in [-0.39, 0.29) is 18.4 Å². The number of nitrogens with zero attached hydrogens (tertiary/aromatic N) is 1. The van der Waals surface area contributed by atoms with Crippen molar-refractivity contribution in [2.24, 2.45) is 5.92 Å². The molecule has 1 fully saturated rings. The summed E-state index contributed by atoms with van der Waals surface area (Å²) in [6, 6.07) is 11.9. The summed E-state index contributed by atoms with van der Waals surface area (Å²) in [5.41, 5.74) is 1.41. The summed E-state index contributed by atoms with van der Waals surface area (Å²) in [6.07, 6.45) is -2.93. The smallest absolute Gasteiger partial charge is 0.338 e. The molecular formula is C23H25Cl2NO5. The summed E-state index contributed by atoms with van der Waals surface area (Å²) in [6.45, 7) is 6.20. The fourth-order valence-electron chi connectivity index (χ4n) is 3.38.